The van der Waals surface area contributed by atoms with E-state index in [-0.39, 0.29) is 44.1 Å². The van der Waals surface area contributed by atoms with E-state index in [4.69, 9.17) is 16.6 Å². The number of carboxylic acids is 1. The van der Waals surface area contributed by atoms with Crippen LogP contribution in [-0.2, 0) is 52.7 Å². The van der Waals surface area contributed by atoms with Gasteiger partial charge in [0.2, 0.25) is 59.1 Å². The molecule has 10 atom stereocenters. The van der Waals surface area contributed by atoms with Crippen molar-refractivity contribution < 1.29 is 63.0 Å². The second kappa shape index (κ2) is 33.3. The van der Waals surface area contributed by atoms with E-state index in [0.717, 1.165) is 4.90 Å². The molecule has 10 amide bonds. The quantitative estimate of drug-likeness (QED) is 0.0183. The molecule has 1 aliphatic rings. The number of carbonyl (C=O) groups is 11. The summed E-state index contributed by atoms with van der Waals surface area (Å²) in [6.07, 6.45) is 0.339. The van der Waals surface area contributed by atoms with Crippen molar-refractivity contribution >= 4 is 71.0 Å². The first-order chi connectivity index (χ1) is 34.7. The summed E-state index contributed by atoms with van der Waals surface area (Å²) < 4.78 is 0. The monoisotopic (exact) mass is 1050 g/mol. The van der Waals surface area contributed by atoms with E-state index < -0.39 is 145 Å². The van der Waals surface area contributed by atoms with Crippen LogP contribution in [0.2, 0.25) is 0 Å². The van der Waals surface area contributed by atoms with Crippen molar-refractivity contribution in [3.63, 3.8) is 0 Å². The summed E-state index contributed by atoms with van der Waals surface area (Å²) in [5, 5.41) is 40.6. The summed E-state index contributed by atoms with van der Waals surface area (Å²) in [5.74, 6) is -9.83. The molecule has 0 aliphatic carbocycles. The van der Waals surface area contributed by atoms with Crippen LogP contribution >= 0.6 is 0 Å². The minimum Gasteiger partial charge on any atom is -0.481 e. The van der Waals surface area contributed by atoms with Gasteiger partial charge in [-0.05, 0) is 63.7 Å². The first-order valence-corrected chi connectivity index (χ1v) is 25.6. The Morgan fingerprint density at radius 1 is 0.676 bits per heavy atom. The average Bonchev–Trinajstić information content (AvgIpc) is 3.84. The van der Waals surface area contributed by atoms with E-state index in [1.54, 1.807) is 55.4 Å². The number of nitrogens with two attached hydrogens (primary N) is 2. The SMILES string of the molecule is CCC[C@H](NC(=O)[C@@H](NC(=O)[C@H](NC(=O)[C@@H](NC(=O)CNC(=O)CN(C)C(=O)CCC(=O)O)C(C)C)[C@H](C)CC)[C@@H](C)O)C(=O)N[C@H](C(=O)N[C@@H](CCCN=C(N)N)C(=O)N1CCC[C@H]1C(=O)NCC)[C@@H](C)CC. The van der Waals surface area contributed by atoms with Gasteiger partial charge in [-0.15, -0.1) is 0 Å². The van der Waals surface area contributed by atoms with Gasteiger partial charge in [-0.1, -0.05) is 67.7 Å². The topological polar surface area (TPSA) is 395 Å². The van der Waals surface area contributed by atoms with Crippen molar-refractivity contribution in [3.8, 4) is 0 Å². The van der Waals surface area contributed by atoms with E-state index in [0.29, 0.717) is 45.2 Å². The maximum atomic E-state index is 14.2. The minimum atomic E-state index is -1.65. The van der Waals surface area contributed by atoms with Crippen molar-refractivity contribution in [2.75, 3.05) is 39.8 Å². The van der Waals surface area contributed by atoms with Gasteiger partial charge in [0.05, 0.1) is 25.6 Å². The van der Waals surface area contributed by atoms with E-state index in [1.165, 1.54) is 18.9 Å². The smallest absolute Gasteiger partial charge is 0.303 e. The number of amides is 10. The number of aliphatic imine (C=N–C) groups is 1. The molecular formula is C48H85N13O13. The van der Waals surface area contributed by atoms with E-state index in [9.17, 15) is 57.8 Å². The van der Waals surface area contributed by atoms with Gasteiger partial charge in [-0.3, -0.25) is 57.7 Å². The van der Waals surface area contributed by atoms with Crippen LogP contribution in [0.5, 0.6) is 0 Å². The highest BCUT2D eigenvalue weighted by Crippen LogP contribution is 2.21. The Bertz CT molecular complexity index is 1960. The highest BCUT2D eigenvalue weighted by molar-refractivity contribution is 5.98. The molecule has 26 nitrogen and oxygen atoms in total. The summed E-state index contributed by atoms with van der Waals surface area (Å²) in [4.78, 5) is 152. The van der Waals surface area contributed by atoms with Crippen molar-refractivity contribution in [2.45, 2.75) is 175 Å². The Balaban J connectivity index is 3.26. The summed E-state index contributed by atoms with van der Waals surface area (Å²) in [5.41, 5.74) is 11.0. The predicted molar refractivity (Wildman–Crippen MR) is 273 cm³/mol. The molecule has 26 heteroatoms. The molecule has 0 aromatic heterocycles. The standard InChI is InChI=1S/C48H85N13O13/c1-11-17-30(41(68)57-38(27(7)12-2)44(71)55-31(18-15-22-52-48(49)50)47(74)61-23-16-19-32(61)42(69)51-14-4)54-46(73)40(29(9)62)59-45(72)39(28(8)13-3)58-43(70)37(26(5)6)56-33(63)24-53-34(64)25-60(10)35(65)20-21-36(66)67/h26-32,37-40,62H,11-25H2,1-10H3,(H,51,69)(H,53,64)(H,54,73)(H,55,71)(H,56,63)(H,57,68)(H,58,70)(H,59,72)(H,66,67)(H4,49,50,52)/t27-,28+,29+,30-,31-,32-,37-,38-,39+,40-/m0/s1. The zero-order valence-electron chi connectivity index (χ0n) is 44.8. The molecule has 0 aromatic carbocycles. The zero-order chi connectivity index (χ0) is 56.4. The summed E-state index contributed by atoms with van der Waals surface area (Å²) in [6, 6.07) is -8.50. The highest BCUT2D eigenvalue weighted by Gasteiger charge is 2.40. The third kappa shape index (κ3) is 22.3. The number of nitrogens with zero attached hydrogens (tertiary/aromatic N) is 3. The van der Waals surface area contributed by atoms with Gasteiger partial charge in [-0.2, -0.15) is 0 Å². The fraction of sp³-hybridized carbons (Fsp3) is 0.750. The highest BCUT2D eigenvalue weighted by atomic mass is 16.4. The van der Waals surface area contributed by atoms with Crippen molar-refractivity contribution in [1.29, 1.82) is 0 Å². The molecule has 420 valence electrons. The Morgan fingerprint density at radius 2 is 1.22 bits per heavy atom. The van der Waals surface area contributed by atoms with Crippen LogP contribution in [-0.4, -0.2) is 179 Å². The maximum Gasteiger partial charge on any atom is 0.303 e. The molecule has 0 saturated carbocycles. The number of hydrogen-bond acceptors (Lipinski definition) is 13. The van der Waals surface area contributed by atoms with Crippen LogP contribution in [0.25, 0.3) is 0 Å². The molecule has 0 aromatic rings. The zero-order valence-corrected chi connectivity index (χ0v) is 44.8. The molecule has 1 rings (SSSR count). The number of nitrogens with one attached hydrogen (secondary N) is 8. The molecule has 0 spiro atoms. The number of carbonyl (C=O) groups excluding carboxylic acids is 10. The first kappa shape index (κ1) is 65.4. The Labute approximate surface area is 434 Å². The molecule has 0 unspecified atom stereocenters. The van der Waals surface area contributed by atoms with Gasteiger partial charge < -0.3 is 74.0 Å². The van der Waals surface area contributed by atoms with Gasteiger partial charge in [0.1, 0.15) is 42.3 Å². The lowest BCUT2D eigenvalue weighted by molar-refractivity contribution is -0.142. The third-order valence-electron chi connectivity index (χ3n) is 12.7. The number of hydrogen-bond donors (Lipinski definition) is 12. The fourth-order valence-corrected chi connectivity index (χ4v) is 7.89. The summed E-state index contributed by atoms with van der Waals surface area (Å²) in [6.45, 7) is 14.7. The normalized spacial score (nSPS) is 16.8. The fourth-order valence-electron chi connectivity index (χ4n) is 7.89. The predicted octanol–water partition coefficient (Wildman–Crippen LogP) is -2.56. The van der Waals surface area contributed by atoms with Gasteiger partial charge in [-0.25, -0.2) is 0 Å². The van der Waals surface area contributed by atoms with Gasteiger partial charge >= 0.3 is 5.97 Å². The maximum absolute atomic E-state index is 14.2. The second-order valence-electron chi connectivity index (χ2n) is 19.1. The number of carboxylic acid groups (broad SMARTS) is 1. The van der Waals surface area contributed by atoms with Crippen LogP contribution in [0.4, 0.5) is 0 Å². The molecule has 1 fully saturated rings. The van der Waals surface area contributed by atoms with Gasteiger partial charge in [0.15, 0.2) is 5.96 Å². The molecule has 14 N–H and O–H groups in total. The molecule has 0 bridgehead atoms. The molecular weight excluding hydrogens is 967 g/mol. The molecule has 1 heterocycles. The van der Waals surface area contributed by atoms with E-state index in [1.807, 2.05) is 0 Å². The molecule has 0 radical (unpaired) electrons. The number of aliphatic hydroxyl groups is 1. The number of aliphatic hydroxyl groups excluding tert-OH is 1. The van der Waals surface area contributed by atoms with Crippen molar-refractivity contribution in [1.82, 2.24) is 52.3 Å². The Kier molecular flexibility index (Phi) is 29.4. The van der Waals surface area contributed by atoms with E-state index in [2.05, 4.69) is 47.5 Å². The van der Waals surface area contributed by atoms with E-state index >= 15 is 0 Å². The average molecular weight is 1050 g/mol. The van der Waals surface area contributed by atoms with Gasteiger partial charge in [0.25, 0.3) is 0 Å². The lowest BCUT2D eigenvalue weighted by Gasteiger charge is -2.32. The van der Waals surface area contributed by atoms with Crippen LogP contribution in [0.1, 0.15) is 127 Å². The first-order valence-electron chi connectivity index (χ1n) is 25.6. The van der Waals surface area contributed by atoms with Gasteiger partial charge in [0, 0.05) is 33.1 Å². The minimum absolute atomic E-state index is 0.0673. The lowest BCUT2D eigenvalue weighted by atomic mass is 9.95. The van der Waals surface area contributed by atoms with Crippen LogP contribution in [0.15, 0.2) is 4.99 Å². The summed E-state index contributed by atoms with van der Waals surface area (Å²) in [7, 11) is 1.30. The summed E-state index contributed by atoms with van der Waals surface area (Å²) >= 11 is 0. The number of likely N-dealkylation sites (N-methyl/N-ethyl adjacent to an activating group) is 2. The number of rotatable bonds is 33. The molecule has 1 aliphatic heterocycles. The molecule has 1 saturated heterocycles. The Hall–Kier alpha value is -6.60. The number of aliphatic carboxylic acids is 1. The van der Waals surface area contributed by atoms with Crippen LogP contribution < -0.4 is 54.0 Å². The second-order valence-corrected chi connectivity index (χ2v) is 19.1. The van der Waals surface area contributed by atoms with Crippen molar-refractivity contribution in [2.24, 2.45) is 34.2 Å². The Morgan fingerprint density at radius 3 is 1.74 bits per heavy atom. The van der Waals surface area contributed by atoms with Crippen molar-refractivity contribution in [3.05, 3.63) is 0 Å². The van der Waals surface area contributed by atoms with Crippen LogP contribution in [0.3, 0.4) is 0 Å². The largest absolute Gasteiger partial charge is 0.481 e. The molecule has 74 heavy (non-hydrogen) atoms. The lowest BCUT2D eigenvalue weighted by Crippen LogP contribution is -2.63. The number of guanidine groups is 1. The third-order valence-corrected chi connectivity index (χ3v) is 12.7. The number of likely N-dealkylation sites (tertiary alicyclic amines) is 1. The van der Waals surface area contributed by atoms with Crippen LogP contribution in [0, 0.1) is 17.8 Å².